The van der Waals surface area contributed by atoms with Crippen LogP contribution in [0.5, 0.6) is 0 Å². The maximum atomic E-state index is 12.2. The Morgan fingerprint density at radius 1 is 1.21 bits per heavy atom. The van der Waals surface area contributed by atoms with E-state index in [1.54, 1.807) is 0 Å². The third-order valence-corrected chi connectivity index (χ3v) is 4.56. The van der Waals surface area contributed by atoms with E-state index < -0.39 is 0 Å². The van der Waals surface area contributed by atoms with Crippen molar-refractivity contribution >= 4 is 5.91 Å². The monoisotopic (exact) mass is 258 g/mol. The van der Waals surface area contributed by atoms with Crippen molar-refractivity contribution in [1.29, 1.82) is 0 Å². The Labute approximate surface area is 115 Å². The van der Waals surface area contributed by atoms with Gasteiger partial charge in [-0.15, -0.1) is 0 Å². The summed E-state index contributed by atoms with van der Waals surface area (Å²) in [5, 5.41) is 3.39. The first-order chi connectivity index (χ1) is 9.17. The Morgan fingerprint density at radius 2 is 1.89 bits per heavy atom. The number of benzene rings is 1. The van der Waals surface area contributed by atoms with Gasteiger partial charge < -0.3 is 10.2 Å². The number of amides is 1. The molecule has 0 radical (unpaired) electrons. The molecular formula is C16H22N2O. The van der Waals surface area contributed by atoms with Crippen LogP contribution in [-0.2, 0) is 11.3 Å². The number of carbonyl (C=O) groups excluding carboxylic acids is 1. The predicted molar refractivity (Wildman–Crippen MR) is 75.7 cm³/mol. The molecule has 2 heterocycles. The van der Waals surface area contributed by atoms with Crippen LogP contribution in [0.1, 0.15) is 30.4 Å². The average Bonchev–Trinajstić information content (AvgIpc) is 2.69. The minimum Gasteiger partial charge on any atom is -0.338 e. The van der Waals surface area contributed by atoms with Crippen molar-refractivity contribution in [2.75, 3.05) is 19.6 Å². The number of piperidine rings is 1. The number of hydrogen-bond acceptors (Lipinski definition) is 2. The third kappa shape index (κ3) is 2.66. The quantitative estimate of drug-likeness (QED) is 0.881. The topological polar surface area (TPSA) is 32.3 Å². The van der Waals surface area contributed by atoms with Crippen LogP contribution in [0.4, 0.5) is 0 Å². The van der Waals surface area contributed by atoms with E-state index in [1.807, 2.05) is 0 Å². The van der Waals surface area contributed by atoms with Crippen molar-refractivity contribution in [1.82, 2.24) is 10.2 Å². The van der Waals surface area contributed by atoms with Crippen LogP contribution < -0.4 is 5.32 Å². The summed E-state index contributed by atoms with van der Waals surface area (Å²) >= 11 is 0. The minimum atomic E-state index is 0.257. The first-order valence-corrected chi connectivity index (χ1v) is 7.21. The molecule has 0 saturated carbocycles. The summed E-state index contributed by atoms with van der Waals surface area (Å²) in [5.41, 5.74) is 2.77. The molecule has 0 unspecified atom stereocenters. The van der Waals surface area contributed by atoms with Gasteiger partial charge in [-0.1, -0.05) is 29.8 Å². The summed E-state index contributed by atoms with van der Waals surface area (Å²) in [7, 11) is 0. The zero-order chi connectivity index (χ0) is 13.3. The molecule has 3 nitrogen and oxygen atoms in total. The normalized spacial score (nSPS) is 22.2. The van der Waals surface area contributed by atoms with Gasteiger partial charge in [0.2, 0.25) is 5.91 Å². The maximum absolute atomic E-state index is 12.2. The van der Waals surface area contributed by atoms with E-state index in [4.69, 9.17) is 0 Å². The van der Waals surface area contributed by atoms with Crippen molar-refractivity contribution in [3.63, 3.8) is 0 Å². The molecule has 0 bridgehead atoms. The molecule has 1 aromatic carbocycles. The molecule has 2 aliphatic heterocycles. The number of rotatable bonds is 2. The SMILES string of the molecule is Cc1ccc(CN2CC3(CCNCC3)CC2=O)cc1. The molecule has 1 spiro atoms. The van der Waals surface area contributed by atoms with Crippen LogP contribution in [0.2, 0.25) is 0 Å². The van der Waals surface area contributed by atoms with Gasteiger partial charge in [-0.25, -0.2) is 0 Å². The molecule has 3 rings (SSSR count). The van der Waals surface area contributed by atoms with Crippen molar-refractivity contribution in [2.45, 2.75) is 32.7 Å². The van der Waals surface area contributed by atoms with E-state index in [-0.39, 0.29) is 5.41 Å². The van der Waals surface area contributed by atoms with Gasteiger partial charge in [0, 0.05) is 19.5 Å². The molecule has 1 amide bonds. The second-order valence-corrected chi connectivity index (χ2v) is 6.16. The molecule has 2 saturated heterocycles. The van der Waals surface area contributed by atoms with E-state index in [2.05, 4.69) is 41.4 Å². The van der Waals surface area contributed by atoms with Crippen LogP contribution in [0.3, 0.4) is 0 Å². The lowest BCUT2D eigenvalue weighted by Gasteiger charge is -2.33. The highest BCUT2D eigenvalue weighted by Gasteiger charge is 2.43. The molecule has 0 aliphatic carbocycles. The van der Waals surface area contributed by atoms with Crippen LogP contribution in [-0.4, -0.2) is 30.4 Å². The molecule has 2 aliphatic rings. The summed E-state index contributed by atoms with van der Waals surface area (Å²) in [4.78, 5) is 14.3. The lowest BCUT2D eigenvalue weighted by molar-refractivity contribution is -0.128. The molecule has 102 valence electrons. The fraction of sp³-hybridized carbons (Fsp3) is 0.562. The number of carbonyl (C=O) groups is 1. The highest BCUT2D eigenvalue weighted by molar-refractivity contribution is 5.79. The highest BCUT2D eigenvalue weighted by Crippen LogP contribution is 2.39. The first-order valence-electron chi connectivity index (χ1n) is 7.21. The van der Waals surface area contributed by atoms with Gasteiger partial charge in [0.05, 0.1) is 0 Å². The molecular weight excluding hydrogens is 236 g/mol. The molecule has 0 aromatic heterocycles. The standard InChI is InChI=1S/C16H22N2O/c1-13-2-4-14(5-3-13)11-18-12-16(10-15(18)19)6-8-17-9-7-16/h2-5,17H,6-12H2,1H3. The largest absolute Gasteiger partial charge is 0.338 e. The molecule has 1 N–H and O–H groups in total. The van der Waals surface area contributed by atoms with Gasteiger partial charge in [0.25, 0.3) is 0 Å². The Kier molecular flexibility index (Phi) is 3.31. The summed E-state index contributed by atoms with van der Waals surface area (Å²) < 4.78 is 0. The lowest BCUT2D eigenvalue weighted by atomic mass is 9.78. The number of nitrogens with one attached hydrogen (secondary N) is 1. The zero-order valence-electron chi connectivity index (χ0n) is 11.6. The summed E-state index contributed by atoms with van der Waals surface area (Å²) in [6, 6.07) is 8.51. The van der Waals surface area contributed by atoms with Gasteiger partial charge in [-0.2, -0.15) is 0 Å². The predicted octanol–water partition coefficient (Wildman–Crippen LogP) is 2.10. The second kappa shape index (κ2) is 4.97. The minimum absolute atomic E-state index is 0.257. The van der Waals surface area contributed by atoms with Crippen LogP contribution in [0.25, 0.3) is 0 Å². The average molecular weight is 258 g/mol. The number of likely N-dealkylation sites (tertiary alicyclic amines) is 1. The fourth-order valence-corrected chi connectivity index (χ4v) is 3.33. The number of hydrogen-bond donors (Lipinski definition) is 1. The summed E-state index contributed by atoms with van der Waals surface area (Å²) in [5.74, 6) is 0.336. The smallest absolute Gasteiger partial charge is 0.223 e. The summed E-state index contributed by atoms with van der Waals surface area (Å²) in [6.45, 7) is 5.93. The van der Waals surface area contributed by atoms with E-state index in [0.717, 1.165) is 45.4 Å². The Balaban J connectivity index is 1.68. The van der Waals surface area contributed by atoms with Crippen LogP contribution in [0.15, 0.2) is 24.3 Å². The van der Waals surface area contributed by atoms with E-state index >= 15 is 0 Å². The van der Waals surface area contributed by atoms with Crippen molar-refractivity contribution < 1.29 is 4.79 Å². The Morgan fingerprint density at radius 3 is 2.58 bits per heavy atom. The van der Waals surface area contributed by atoms with Gasteiger partial charge in [-0.05, 0) is 43.8 Å². The highest BCUT2D eigenvalue weighted by atomic mass is 16.2. The van der Waals surface area contributed by atoms with Crippen molar-refractivity contribution in [3.05, 3.63) is 35.4 Å². The Bertz CT molecular complexity index is 460. The van der Waals surface area contributed by atoms with Crippen LogP contribution >= 0.6 is 0 Å². The molecule has 2 fully saturated rings. The first kappa shape index (κ1) is 12.7. The number of nitrogens with zero attached hydrogens (tertiary/aromatic N) is 1. The van der Waals surface area contributed by atoms with E-state index in [9.17, 15) is 4.79 Å². The van der Waals surface area contributed by atoms with E-state index in [0.29, 0.717) is 5.91 Å². The van der Waals surface area contributed by atoms with E-state index in [1.165, 1.54) is 11.1 Å². The molecule has 1 aromatic rings. The van der Waals surface area contributed by atoms with Gasteiger partial charge >= 0.3 is 0 Å². The van der Waals surface area contributed by atoms with Gasteiger partial charge in [0.1, 0.15) is 0 Å². The molecule has 19 heavy (non-hydrogen) atoms. The summed E-state index contributed by atoms with van der Waals surface area (Å²) in [6.07, 6.45) is 3.03. The third-order valence-electron chi connectivity index (χ3n) is 4.56. The fourth-order valence-electron chi connectivity index (χ4n) is 3.33. The van der Waals surface area contributed by atoms with Gasteiger partial charge in [0.15, 0.2) is 0 Å². The van der Waals surface area contributed by atoms with Gasteiger partial charge in [-0.3, -0.25) is 4.79 Å². The maximum Gasteiger partial charge on any atom is 0.223 e. The Hall–Kier alpha value is -1.35. The second-order valence-electron chi connectivity index (χ2n) is 6.16. The number of aryl methyl sites for hydroxylation is 1. The molecule has 0 atom stereocenters. The lowest BCUT2D eigenvalue weighted by Crippen LogP contribution is -2.38. The van der Waals surface area contributed by atoms with Crippen LogP contribution in [0, 0.1) is 12.3 Å². The molecule has 3 heteroatoms. The zero-order valence-corrected chi connectivity index (χ0v) is 11.6. The van der Waals surface area contributed by atoms with Crippen molar-refractivity contribution in [2.24, 2.45) is 5.41 Å². The van der Waals surface area contributed by atoms with Crippen molar-refractivity contribution in [3.8, 4) is 0 Å².